The summed E-state index contributed by atoms with van der Waals surface area (Å²) in [4.78, 5) is 45.7. The number of carbonyl (C=O) groups excluding carboxylic acids is 2. The van der Waals surface area contributed by atoms with E-state index in [4.69, 9.17) is 24.8 Å². The van der Waals surface area contributed by atoms with Crippen molar-refractivity contribution in [3.8, 4) is 0 Å². The maximum atomic E-state index is 12.5. The second-order valence-electron chi connectivity index (χ2n) is 12.0. The average molecular weight is 738 g/mol. The minimum atomic E-state index is -4.73. The van der Waals surface area contributed by atoms with Crippen LogP contribution < -0.4 is 5.73 Å². The highest BCUT2D eigenvalue weighted by Crippen LogP contribution is 2.43. The summed E-state index contributed by atoms with van der Waals surface area (Å²) in [6.45, 7) is 2.51. The number of nitrogens with two attached hydrogens (primary N) is 1. The third kappa shape index (κ3) is 33.8. The summed E-state index contributed by atoms with van der Waals surface area (Å²) in [5, 5.41) is 8.85. The molecule has 0 aliphatic rings. The number of allylic oxidation sites excluding steroid dienone is 12. The molecule has 11 nitrogen and oxygen atoms in total. The Labute approximate surface area is 306 Å². The van der Waals surface area contributed by atoms with E-state index in [1.807, 2.05) is 18.2 Å². The Morgan fingerprint density at radius 2 is 1.14 bits per heavy atom. The largest absolute Gasteiger partial charge is 0.480 e. The molecule has 0 rings (SSSR count). The Bertz CT molecular complexity index is 1140. The summed E-state index contributed by atoms with van der Waals surface area (Å²) in [7, 11) is -4.73. The Hall–Kier alpha value is -3.08. The summed E-state index contributed by atoms with van der Waals surface area (Å²) in [5.74, 6) is -2.51. The fraction of sp³-hybridized carbons (Fsp3) is 0.615. The quantitative estimate of drug-likeness (QED) is 0.0254. The number of phosphoric ester groups is 1. The molecule has 3 unspecified atom stereocenters. The SMILES string of the molecule is CC/C=C\C/C=C\C/C=C\C/C=C\CCC(=O)OC(COC(=O)CCCCCCC/C=C\C/C=C\CCCC)COP(=O)(O)OCC(N)C(=O)O. The van der Waals surface area contributed by atoms with Gasteiger partial charge in [0.05, 0.1) is 13.2 Å². The predicted molar refractivity (Wildman–Crippen MR) is 203 cm³/mol. The number of hydrogen-bond donors (Lipinski definition) is 3. The molecular formula is C39H64NO10P. The predicted octanol–water partition coefficient (Wildman–Crippen LogP) is 9.00. The van der Waals surface area contributed by atoms with Crippen LogP contribution in [-0.2, 0) is 37.5 Å². The van der Waals surface area contributed by atoms with Gasteiger partial charge in [0.2, 0.25) is 0 Å². The lowest BCUT2D eigenvalue weighted by atomic mass is 10.1. The zero-order valence-corrected chi connectivity index (χ0v) is 31.8. The molecule has 0 fully saturated rings. The van der Waals surface area contributed by atoms with Crippen molar-refractivity contribution in [3.05, 3.63) is 72.9 Å². The van der Waals surface area contributed by atoms with Crippen LogP contribution in [0.5, 0.6) is 0 Å². The van der Waals surface area contributed by atoms with Gasteiger partial charge in [-0.3, -0.25) is 23.4 Å². The molecule has 0 radical (unpaired) electrons. The van der Waals surface area contributed by atoms with E-state index in [0.717, 1.165) is 70.6 Å². The molecule has 0 aliphatic carbocycles. The summed E-state index contributed by atoms with van der Waals surface area (Å²) in [6.07, 6.45) is 38.5. The van der Waals surface area contributed by atoms with E-state index in [1.165, 1.54) is 12.8 Å². The second-order valence-corrected chi connectivity index (χ2v) is 13.4. The minimum absolute atomic E-state index is 0.0330. The van der Waals surface area contributed by atoms with Crippen LogP contribution in [0.4, 0.5) is 0 Å². The maximum Gasteiger partial charge on any atom is 0.472 e. The van der Waals surface area contributed by atoms with E-state index >= 15 is 0 Å². The van der Waals surface area contributed by atoms with Gasteiger partial charge < -0.3 is 25.2 Å². The zero-order valence-electron chi connectivity index (χ0n) is 30.9. The first-order valence-electron chi connectivity index (χ1n) is 18.5. The molecule has 0 aromatic carbocycles. The number of phosphoric acid groups is 1. The number of unbranched alkanes of at least 4 members (excludes halogenated alkanes) is 7. The van der Waals surface area contributed by atoms with Gasteiger partial charge in [0.25, 0.3) is 0 Å². The number of carboxylic acids is 1. The molecule has 0 saturated heterocycles. The van der Waals surface area contributed by atoms with E-state index in [9.17, 15) is 23.8 Å². The number of esters is 2. The standard InChI is InChI=1S/C39H64NO10P/c1-3-5-7-9-11-13-15-17-19-20-22-24-26-28-30-37(41)47-32-35(33-48-51(45,46)49-34-36(40)39(43)44)50-38(42)31-29-27-25-23-21-18-16-14-12-10-8-6-4-2/h6,8-9,11-12,14-15,17-18,21,25,27,35-36H,3-5,7,10,13,16,19-20,22-24,26,28-34,40H2,1-2H3,(H,43,44)(H,45,46)/b8-6-,11-9-,14-12-,17-15-,21-18-,27-25-. The summed E-state index contributed by atoms with van der Waals surface area (Å²) >= 11 is 0. The van der Waals surface area contributed by atoms with Gasteiger partial charge in [0.15, 0.2) is 6.10 Å². The van der Waals surface area contributed by atoms with Crippen molar-refractivity contribution in [2.45, 2.75) is 135 Å². The summed E-state index contributed by atoms with van der Waals surface area (Å²) in [6, 6.07) is -1.54. The van der Waals surface area contributed by atoms with Gasteiger partial charge in [-0.05, 0) is 64.2 Å². The number of carbonyl (C=O) groups is 3. The van der Waals surface area contributed by atoms with Crippen LogP contribution in [0.3, 0.4) is 0 Å². The van der Waals surface area contributed by atoms with Crippen LogP contribution in [0.2, 0.25) is 0 Å². The first-order chi connectivity index (χ1) is 24.6. The van der Waals surface area contributed by atoms with E-state index in [1.54, 1.807) is 0 Å². The van der Waals surface area contributed by atoms with Gasteiger partial charge in [-0.2, -0.15) is 0 Å². The fourth-order valence-corrected chi connectivity index (χ4v) is 5.05. The third-order valence-corrected chi connectivity index (χ3v) is 8.15. The molecule has 12 heteroatoms. The van der Waals surface area contributed by atoms with Crippen LogP contribution in [0.1, 0.15) is 123 Å². The highest BCUT2D eigenvalue weighted by atomic mass is 31.2. The highest BCUT2D eigenvalue weighted by Gasteiger charge is 2.28. The number of hydrogen-bond acceptors (Lipinski definition) is 9. The van der Waals surface area contributed by atoms with Crippen LogP contribution in [-0.4, -0.2) is 59.9 Å². The van der Waals surface area contributed by atoms with Crippen molar-refractivity contribution in [2.75, 3.05) is 19.8 Å². The first kappa shape index (κ1) is 47.9. The van der Waals surface area contributed by atoms with E-state index in [-0.39, 0.29) is 19.4 Å². The van der Waals surface area contributed by atoms with Crippen molar-refractivity contribution in [1.82, 2.24) is 0 Å². The molecular weight excluding hydrogens is 673 g/mol. The molecule has 0 amide bonds. The van der Waals surface area contributed by atoms with Gasteiger partial charge >= 0.3 is 25.7 Å². The molecule has 0 saturated carbocycles. The summed E-state index contributed by atoms with van der Waals surface area (Å²) in [5.41, 5.74) is 5.30. The van der Waals surface area contributed by atoms with Gasteiger partial charge in [0, 0.05) is 12.8 Å². The van der Waals surface area contributed by atoms with Crippen LogP contribution in [0, 0.1) is 0 Å². The first-order valence-corrected chi connectivity index (χ1v) is 20.0. The van der Waals surface area contributed by atoms with E-state index < -0.39 is 51.1 Å². The number of rotatable bonds is 33. The maximum absolute atomic E-state index is 12.5. The number of ether oxygens (including phenoxy) is 2. The number of aliphatic carboxylic acids is 1. The Morgan fingerprint density at radius 3 is 1.73 bits per heavy atom. The minimum Gasteiger partial charge on any atom is -0.480 e. The normalized spacial score (nSPS) is 14.7. The van der Waals surface area contributed by atoms with Crippen molar-refractivity contribution < 1.29 is 47.5 Å². The lowest BCUT2D eigenvalue weighted by Gasteiger charge is -2.20. The lowest BCUT2D eigenvalue weighted by molar-refractivity contribution is -0.161. The fourth-order valence-electron chi connectivity index (χ4n) is 4.27. The Balaban J connectivity index is 4.60. The van der Waals surface area contributed by atoms with Crippen LogP contribution in [0.25, 0.3) is 0 Å². The van der Waals surface area contributed by atoms with Crippen molar-refractivity contribution in [1.29, 1.82) is 0 Å². The molecule has 0 bridgehead atoms. The van der Waals surface area contributed by atoms with Crippen molar-refractivity contribution in [3.63, 3.8) is 0 Å². The van der Waals surface area contributed by atoms with Gasteiger partial charge in [-0.15, -0.1) is 0 Å². The highest BCUT2D eigenvalue weighted by molar-refractivity contribution is 7.47. The Kier molecular flexibility index (Phi) is 32.0. The molecule has 51 heavy (non-hydrogen) atoms. The van der Waals surface area contributed by atoms with E-state index in [0.29, 0.717) is 12.8 Å². The molecule has 3 atom stereocenters. The Morgan fingerprint density at radius 1 is 0.627 bits per heavy atom. The van der Waals surface area contributed by atoms with Crippen molar-refractivity contribution in [2.24, 2.45) is 5.73 Å². The zero-order chi connectivity index (χ0) is 37.8. The topological polar surface area (TPSA) is 172 Å². The smallest absolute Gasteiger partial charge is 0.472 e. The van der Waals surface area contributed by atoms with Gasteiger partial charge in [0.1, 0.15) is 12.6 Å². The molecule has 0 aromatic rings. The number of carboxylic acid groups (broad SMARTS) is 1. The lowest BCUT2D eigenvalue weighted by Crippen LogP contribution is -2.34. The third-order valence-electron chi connectivity index (χ3n) is 7.20. The molecule has 0 aromatic heterocycles. The molecule has 290 valence electrons. The second kappa shape index (κ2) is 34.0. The van der Waals surface area contributed by atoms with Gasteiger partial charge in [-0.1, -0.05) is 119 Å². The van der Waals surface area contributed by atoms with E-state index in [2.05, 4.69) is 73.1 Å². The van der Waals surface area contributed by atoms with Crippen molar-refractivity contribution >= 4 is 25.7 Å². The summed E-state index contributed by atoms with van der Waals surface area (Å²) < 4.78 is 32.4. The molecule has 0 heterocycles. The molecule has 0 spiro atoms. The van der Waals surface area contributed by atoms with Gasteiger partial charge in [-0.25, -0.2) is 4.57 Å². The molecule has 4 N–H and O–H groups in total. The average Bonchev–Trinajstić information content (AvgIpc) is 3.10. The molecule has 0 aliphatic heterocycles. The van der Waals surface area contributed by atoms with Crippen LogP contribution in [0.15, 0.2) is 72.9 Å². The monoisotopic (exact) mass is 737 g/mol. The van der Waals surface area contributed by atoms with Crippen LogP contribution >= 0.6 is 7.82 Å².